The zero-order valence-corrected chi connectivity index (χ0v) is 18.1. The maximum atomic E-state index is 2.36. The maximum absolute atomic E-state index is 2.36. The van der Waals surface area contributed by atoms with Crippen molar-refractivity contribution >= 4 is 0 Å². The Bertz CT molecular complexity index is 297. The number of hydrogen-bond donors (Lipinski definition) is 0. The minimum atomic E-state index is 0.0972. The molecule has 0 N–H and O–H groups in total. The molecule has 0 unspecified atom stereocenters. The molecular weight excluding hydrogens is 294 g/mol. The summed E-state index contributed by atoms with van der Waals surface area (Å²) in [6, 6.07) is 7.09. The molecule has 1 rings (SSSR count). The van der Waals surface area contributed by atoms with E-state index in [0.29, 0.717) is 17.8 Å². The van der Waals surface area contributed by atoms with Crippen LogP contribution in [0, 0.1) is 0 Å². The van der Waals surface area contributed by atoms with Crippen LogP contribution in [-0.4, -0.2) is 0 Å². The molecule has 0 radical (unpaired) electrons. The van der Waals surface area contributed by atoms with Crippen molar-refractivity contribution < 1.29 is 17.1 Å². The third-order valence-corrected chi connectivity index (χ3v) is 6.67. The van der Waals surface area contributed by atoms with Gasteiger partial charge in [-0.3, -0.25) is 0 Å². The van der Waals surface area contributed by atoms with E-state index in [4.69, 9.17) is 0 Å². The van der Waals surface area contributed by atoms with E-state index in [2.05, 4.69) is 73.6 Å². The topological polar surface area (TPSA) is 0 Å². The first-order valence-electron chi connectivity index (χ1n) is 8.48. The van der Waals surface area contributed by atoms with Gasteiger partial charge in [-0.25, -0.2) is 0 Å². The number of benzene rings is 1. The fourth-order valence-electron chi connectivity index (χ4n) is 2.06. The summed E-state index contributed by atoms with van der Waals surface area (Å²) < 4.78 is 0. The van der Waals surface area contributed by atoms with Crippen molar-refractivity contribution in [2.45, 2.75) is 83.2 Å². The van der Waals surface area contributed by atoms with Crippen LogP contribution in [-0.2, 0) is 17.1 Å². The van der Waals surface area contributed by atoms with Crippen molar-refractivity contribution in [3.8, 4) is 0 Å². The van der Waals surface area contributed by atoms with Gasteiger partial charge in [0.2, 0.25) is 0 Å². The summed E-state index contributed by atoms with van der Waals surface area (Å²) in [5, 5.41) is 3.06. The van der Waals surface area contributed by atoms with Crippen LogP contribution in [0.3, 0.4) is 0 Å². The second-order valence-electron chi connectivity index (χ2n) is 6.75. The van der Waals surface area contributed by atoms with Crippen LogP contribution in [0.25, 0.3) is 0 Å². The Morgan fingerprint density at radius 2 is 0.900 bits per heavy atom. The molecule has 112 valence electrons. The van der Waals surface area contributed by atoms with Crippen molar-refractivity contribution in [2.75, 3.05) is 0 Å². The van der Waals surface area contributed by atoms with Gasteiger partial charge in [-0.1, -0.05) is 59.7 Å². The summed E-state index contributed by atoms with van der Waals surface area (Å²) in [5.74, 6) is 1.88. The molecule has 0 saturated carbocycles. The van der Waals surface area contributed by atoms with Gasteiger partial charge in [0.1, 0.15) is 0 Å². The molecule has 0 nitrogen and oxygen atoms in total. The summed E-state index contributed by atoms with van der Waals surface area (Å²) in [6.07, 6.45) is 0. The molecule has 0 aromatic heterocycles. The molecule has 1 aromatic carbocycles. The first kappa shape index (κ1) is 19.8. The fourth-order valence-corrected chi connectivity index (χ4v) is 3.54. The van der Waals surface area contributed by atoms with Gasteiger partial charge in [-0.05, 0) is 34.4 Å². The second-order valence-corrected chi connectivity index (χ2v) is 12.4. The van der Waals surface area contributed by atoms with Gasteiger partial charge in [0.25, 0.3) is 0 Å². The summed E-state index contributed by atoms with van der Waals surface area (Å²) >= 11 is 0.0972. The summed E-state index contributed by atoms with van der Waals surface area (Å²) in [5.41, 5.74) is 4.43. The molecule has 0 atom stereocenters. The van der Waals surface area contributed by atoms with Crippen molar-refractivity contribution in [1.29, 1.82) is 0 Å². The van der Waals surface area contributed by atoms with Gasteiger partial charge >= 0.3 is 41.0 Å². The first-order chi connectivity index (χ1) is 9.33. The van der Waals surface area contributed by atoms with E-state index in [9.17, 15) is 0 Å². The van der Waals surface area contributed by atoms with E-state index in [1.807, 2.05) is 0 Å². The van der Waals surface area contributed by atoms with Crippen LogP contribution in [0.5, 0.6) is 0 Å². The summed E-state index contributed by atoms with van der Waals surface area (Å²) in [4.78, 5) is 0. The molecule has 0 aliphatic rings. The molecule has 1 heteroatoms. The molecule has 0 amide bonds. The molecule has 0 bridgehead atoms. The minimum absolute atomic E-state index is 0.0972. The van der Waals surface area contributed by atoms with Crippen molar-refractivity contribution in [2.24, 2.45) is 0 Å². The Morgan fingerprint density at radius 1 is 0.650 bits per heavy atom. The Balaban J connectivity index is 0.000000621. The Kier molecular flexibility index (Phi) is 10.5. The zero-order chi connectivity index (χ0) is 15.7. The third-order valence-electron chi connectivity index (χ3n) is 3.71. The molecule has 0 spiro atoms. The molecular formula is C19H34Zn. The molecule has 0 aliphatic carbocycles. The fraction of sp³-hybridized carbons (Fsp3) is 0.684. The average molecular weight is 328 g/mol. The van der Waals surface area contributed by atoms with Gasteiger partial charge in [-0.2, -0.15) is 0 Å². The summed E-state index contributed by atoms with van der Waals surface area (Å²) in [7, 11) is 0. The van der Waals surface area contributed by atoms with Crippen molar-refractivity contribution in [3.63, 3.8) is 0 Å². The number of rotatable bonds is 5. The van der Waals surface area contributed by atoms with Crippen molar-refractivity contribution in [3.05, 3.63) is 34.9 Å². The molecule has 0 aliphatic heterocycles. The van der Waals surface area contributed by atoms with Crippen LogP contribution in [0.4, 0.5) is 0 Å². The Labute approximate surface area is 135 Å². The molecule has 1 aromatic rings. The standard InChI is InChI=1S/C15H24.2C2H5.Zn/c1-10(2)13-7-14(11(3)4)9-15(8-13)12(5)6;2*1-2;/h7-12H,1-6H3;2*1H2,2H3;. The monoisotopic (exact) mass is 326 g/mol. The van der Waals surface area contributed by atoms with Gasteiger partial charge in [0.05, 0.1) is 0 Å². The molecule has 0 heterocycles. The SMILES string of the molecule is CC(C)c1cc(C(C)C)cc(C(C)C)c1.C[CH2][Zn][CH2]C. The predicted octanol–water partition coefficient (Wildman–Crippen LogP) is 7.00. The summed E-state index contributed by atoms with van der Waals surface area (Å²) in [6.45, 7) is 18.2. The van der Waals surface area contributed by atoms with Crippen LogP contribution in [0.15, 0.2) is 18.2 Å². The van der Waals surface area contributed by atoms with Crippen LogP contribution in [0.2, 0.25) is 10.0 Å². The number of hydrogen-bond acceptors (Lipinski definition) is 0. The quantitative estimate of drug-likeness (QED) is 0.510. The Hall–Kier alpha value is -0.157. The van der Waals surface area contributed by atoms with E-state index < -0.39 is 0 Å². The average Bonchev–Trinajstić information content (AvgIpc) is 2.39. The van der Waals surface area contributed by atoms with Crippen LogP contribution >= 0.6 is 0 Å². The van der Waals surface area contributed by atoms with Gasteiger partial charge in [-0.15, -0.1) is 0 Å². The van der Waals surface area contributed by atoms with Crippen LogP contribution in [0.1, 0.15) is 89.8 Å². The van der Waals surface area contributed by atoms with E-state index >= 15 is 0 Å². The van der Waals surface area contributed by atoms with Crippen molar-refractivity contribution in [1.82, 2.24) is 0 Å². The molecule has 0 fully saturated rings. The van der Waals surface area contributed by atoms with Gasteiger partial charge in [0, 0.05) is 0 Å². The van der Waals surface area contributed by atoms with E-state index in [1.54, 1.807) is 0 Å². The zero-order valence-electron chi connectivity index (χ0n) is 15.1. The van der Waals surface area contributed by atoms with E-state index in [-0.39, 0.29) is 17.1 Å². The Morgan fingerprint density at radius 3 is 1.00 bits per heavy atom. The first-order valence-corrected chi connectivity index (χ1v) is 12.7. The van der Waals surface area contributed by atoms with E-state index in [1.165, 1.54) is 26.7 Å². The second kappa shape index (κ2) is 10.6. The predicted molar refractivity (Wildman–Crippen MR) is 89.7 cm³/mol. The van der Waals surface area contributed by atoms with Gasteiger partial charge in [0.15, 0.2) is 0 Å². The van der Waals surface area contributed by atoms with E-state index in [0.717, 1.165) is 0 Å². The molecule has 0 saturated heterocycles. The molecule has 20 heavy (non-hydrogen) atoms. The third kappa shape index (κ3) is 7.58. The van der Waals surface area contributed by atoms with Gasteiger partial charge < -0.3 is 0 Å². The normalized spacial score (nSPS) is 10.6. The van der Waals surface area contributed by atoms with Crippen LogP contribution < -0.4 is 0 Å².